The summed E-state index contributed by atoms with van der Waals surface area (Å²) < 4.78 is 0. The number of rotatable bonds is 6. The molecular weight excluding hydrogens is 236 g/mol. The maximum Gasteiger partial charge on any atom is 0.220 e. The van der Waals surface area contributed by atoms with Crippen LogP contribution in [0, 0.1) is 11.8 Å². The van der Waals surface area contributed by atoms with Crippen LogP contribution in [0.4, 0.5) is 0 Å². The predicted octanol–water partition coefficient (Wildman–Crippen LogP) is 2.98. The number of nitrogens with one attached hydrogen (secondary N) is 1. The minimum absolute atomic E-state index is 0.251. The van der Waals surface area contributed by atoms with E-state index in [0.717, 1.165) is 18.9 Å². The van der Waals surface area contributed by atoms with Crippen molar-refractivity contribution in [3.63, 3.8) is 0 Å². The van der Waals surface area contributed by atoms with Crippen molar-refractivity contribution in [2.75, 3.05) is 6.54 Å². The SMILES string of the molecule is NCC(CCC(=O)NC1CCCC1)C1CCCCC1. The van der Waals surface area contributed by atoms with E-state index in [1.165, 1.54) is 57.8 Å². The molecule has 2 aliphatic rings. The van der Waals surface area contributed by atoms with Crippen LogP contribution in [0.5, 0.6) is 0 Å². The quantitative estimate of drug-likeness (QED) is 0.776. The van der Waals surface area contributed by atoms with E-state index >= 15 is 0 Å². The second-order valence-electron chi connectivity index (χ2n) is 6.48. The molecule has 0 spiro atoms. The molecule has 3 nitrogen and oxygen atoms in total. The average Bonchev–Trinajstić information content (AvgIpc) is 2.93. The van der Waals surface area contributed by atoms with Gasteiger partial charge in [0.1, 0.15) is 0 Å². The van der Waals surface area contributed by atoms with Gasteiger partial charge in [-0.25, -0.2) is 0 Å². The summed E-state index contributed by atoms with van der Waals surface area (Å²) >= 11 is 0. The topological polar surface area (TPSA) is 55.1 Å². The highest BCUT2D eigenvalue weighted by atomic mass is 16.1. The summed E-state index contributed by atoms with van der Waals surface area (Å²) in [5.41, 5.74) is 5.92. The first kappa shape index (κ1) is 14.8. The zero-order chi connectivity index (χ0) is 13.5. The van der Waals surface area contributed by atoms with Crippen molar-refractivity contribution in [3.05, 3.63) is 0 Å². The molecule has 1 unspecified atom stereocenters. The lowest BCUT2D eigenvalue weighted by Gasteiger charge is -2.29. The van der Waals surface area contributed by atoms with Crippen LogP contribution >= 0.6 is 0 Å². The standard InChI is InChI=1S/C16H30N2O/c17-12-14(13-6-2-1-3-7-13)10-11-16(19)18-15-8-4-5-9-15/h13-15H,1-12,17H2,(H,18,19). The second-order valence-corrected chi connectivity index (χ2v) is 6.48. The maximum absolute atomic E-state index is 12.0. The second kappa shape index (κ2) is 7.88. The van der Waals surface area contributed by atoms with E-state index in [1.54, 1.807) is 0 Å². The van der Waals surface area contributed by atoms with Gasteiger partial charge in [-0.05, 0) is 37.6 Å². The molecule has 0 radical (unpaired) electrons. The Morgan fingerprint density at radius 2 is 1.68 bits per heavy atom. The zero-order valence-corrected chi connectivity index (χ0v) is 12.2. The van der Waals surface area contributed by atoms with Crippen molar-refractivity contribution in [1.82, 2.24) is 5.32 Å². The lowest BCUT2D eigenvalue weighted by Crippen LogP contribution is -2.34. The first-order valence-corrected chi connectivity index (χ1v) is 8.29. The summed E-state index contributed by atoms with van der Waals surface area (Å²) in [6.07, 6.45) is 13.3. The van der Waals surface area contributed by atoms with Crippen LogP contribution in [0.2, 0.25) is 0 Å². The highest BCUT2D eigenvalue weighted by Gasteiger charge is 2.23. The summed E-state index contributed by atoms with van der Waals surface area (Å²) in [5.74, 6) is 1.59. The van der Waals surface area contributed by atoms with Gasteiger partial charge >= 0.3 is 0 Å². The van der Waals surface area contributed by atoms with E-state index in [9.17, 15) is 4.79 Å². The van der Waals surface area contributed by atoms with E-state index in [4.69, 9.17) is 5.73 Å². The number of hydrogen-bond donors (Lipinski definition) is 2. The van der Waals surface area contributed by atoms with Gasteiger partial charge in [-0.2, -0.15) is 0 Å². The number of hydrogen-bond acceptors (Lipinski definition) is 2. The van der Waals surface area contributed by atoms with Crippen LogP contribution in [0.25, 0.3) is 0 Å². The number of amides is 1. The summed E-state index contributed by atoms with van der Waals surface area (Å²) in [5, 5.41) is 3.18. The average molecular weight is 266 g/mol. The molecule has 110 valence electrons. The van der Waals surface area contributed by atoms with Crippen LogP contribution in [-0.2, 0) is 4.79 Å². The molecule has 1 atom stereocenters. The van der Waals surface area contributed by atoms with Crippen molar-refractivity contribution < 1.29 is 4.79 Å². The molecule has 0 aromatic rings. The van der Waals surface area contributed by atoms with Crippen LogP contribution in [0.15, 0.2) is 0 Å². The van der Waals surface area contributed by atoms with E-state index in [1.807, 2.05) is 0 Å². The molecule has 2 aliphatic carbocycles. The highest BCUT2D eigenvalue weighted by molar-refractivity contribution is 5.76. The highest BCUT2D eigenvalue weighted by Crippen LogP contribution is 2.31. The van der Waals surface area contributed by atoms with Gasteiger partial charge in [0, 0.05) is 12.5 Å². The third-order valence-corrected chi connectivity index (χ3v) is 5.08. The fourth-order valence-corrected chi connectivity index (χ4v) is 3.84. The Bertz CT molecular complexity index is 268. The molecule has 0 bridgehead atoms. The van der Waals surface area contributed by atoms with Gasteiger partial charge in [0.25, 0.3) is 0 Å². The van der Waals surface area contributed by atoms with Crippen LogP contribution < -0.4 is 11.1 Å². The van der Waals surface area contributed by atoms with Crippen molar-refractivity contribution in [2.24, 2.45) is 17.6 Å². The van der Waals surface area contributed by atoms with Gasteiger partial charge in [0.15, 0.2) is 0 Å². The Morgan fingerprint density at radius 3 is 2.32 bits per heavy atom. The van der Waals surface area contributed by atoms with E-state index in [0.29, 0.717) is 18.4 Å². The minimum atomic E-state index is 0.251. The molecule has 0 heterocycles. The van der Waals surface area contributed by atoms with Crippen molar-refractivity contribution >= 4 is 5.91 Å². The molecule has 3 heteroatoms. The first-order valence-electron chi connectivity index (χ1n) is 8.29. The van der Waals surface area contributed by atoms with Crippen molar-refractivity contribution in [3.8, 4) is 0 Å². The number of carbonyl (C=O) groups is 1. The molecule has 2 saturated carbocycles. The largest absolute Gasteiger partial charge is 0.353 e. The Labute approximate surface area is 117 Å². The molecule has 2 rings (SSSR count). The molecule has 19 heavy (non-hydrogen) atoms. The normalized spacial score (nSPS) is 23.4. The molecular formula is C16H30N2O. The van der Waals surface area contributed by atoms with Crippen LogP contribution in [-0.4, -0.2) is 18.5 Å². The molecule has 0 aliphatic heterocycles. The lowest BCUT2D eigenvalue weighted by atomic mass is 9.78. The summed E-state index contributed by atoms with van der Waals surface area (Å²) in [4.78, 5) is 12.0. The third-order valence-electron chi connectivity index (χ3n) is 5.08. The minimum Gasteiger partial charge on any atom is -0.353 e. The molecule has 0 aromatic heterocycles. The molecule has 0 saturated heterocycles. The van der Waals surface area contributed by atoms with Gasteiger partial charge < -0.3 is 11.1 Å². The van der Waals surface area contributed by atoms with Crippen LogP contribution in [0.3, 0.4) is 0 Å². The Morgan fingerprint density at radius 1 is 1.05 bits per heavy atom. The Kier molecular flexibility index (Phi) is 6.15. The van der Waals surface area contributed by atoms with Gasteiger partial charge in [0.05, 0.1) is 0 Å². The van der Waals surface area contributed by atoms with Crippen LogP contribution in [0.1, 0.15) is 70.6 Å². The molecule has 3 N–H and O–H groups in total. The van der Waals surface area contributed by atoms with E-state index in [2.05, 4.69) is 5.32 Å². The van der Waals surface area contributed by atoms with Gasteiger partial charge in [-0.1, -0.05) is 44.9 Å². The van der Waals surface area contributed by atoms with Crippen molar-refractivity contribution in [2.45, 2.75) is 76.7 Å². The number of nitrogens with two attached hydrogens (primary N) is 1. The molecule has 2 fully saturated rings. The summed E-state index contributed by atoms with van der Waals surface area (Å²) in [6.45, 7) is 0.751. The fraction of sp³-hybridized carbons (Fsp3) is 0.938. The first-order chi connectivity index (χ1) is 9.29. The van der Waals surface area contributed by atoms with Gasteiger partial charge in [-0.15, -0.1) is 0 Å². The zero-order valence-electron chi connectivity index (χ0n) is 12.2. The molecule has 1 amide bonds. The summed E-state index contributed by atoms with van der Waals surface area (Å²) in [6, 6.07) is 0.457. The predicted molar refractivity (Wildman–Crippen MR) is 78.8 cm³/mol. The molecule has 0 aromatic carbocycles. The summed E-state index contributed by atoms with van der Waals surface area (Å²) in [7, 11) is 0. The Balaban J connectivity index is 1.67. The van der Waals surface area contributed by atoms with Gasteiger partial charge in [0.2, 0.25) is 5.91 Å². The smallest absolute Gasteiger partial charge is 0.220 e. The van der Waals surface area contributed by atoms with E-state index < -0.39 is 0 Å². The maximum atomic E-state index is 12.0. The lowest BCUT2D eigenvalue weighted by molar-refractivity contribution is -0.122. The van der Waals surface area contributed by atoms with Crippen molar-refractivity contribution in [1.29, 1.82) is 0 Å². The van der Waals surface area contributed by atoms with Gasteiger partial charge in [-0.3, -0.25) is 4.79 Å². The monoisotopic (exact) mass is 266 g/mol. The third kappa shape index (κ3) is 4.79. The fourth-order valence-electron chi connectivity index (χ4n) is 3.84. The number of carbonyl (C=O) groups excluding carboxylic acids is 1. The van der Waals surface area contributed by atoms with E-state index in [-0.39, 0.29) is 5.91 Å². The Hall–Kier alpha value is -0.570.